The van der Waals surface area contributed by atoms with Crippen molar-refractivity contribution in [3.05, 3.63) is 21.7 Å². The summed E-state index contributed by atoms with van der Waals surface area (Å²) in [5.41, 5.74) is 2.11. The van der Waals surface area contributed by atoms with Gasteiger partial charge in [-0.25, -0.2) is 0 Å². The van der Waals surface area contributed by atoms with Gasteiger partial charge in [0.05, 0.1) is 0 Å². The third kappa shape index (κ3) is 1.12. The summed E-state index contributed by atoms with van der Waals surface area (Å²) in [7, 11) is 1.97. The van der Waals surface area contributed by atoms with Crippen molar-refractivity contribution in [2.75, 3.05) is 0 Å². The lowest BCUT2D eigenvalue weighted by atomic mass is 10.2. The van der Waals surface area contributed by atoms with Gasteiger partial charge in [-0.3, -0.25) is 0 Å². The average molecular weight is 230 g/mol. The summed E-state index contributed by atoms with van der Waals surface area (Å²) in [6.45, 7) is 3.97. The quantitative estimate of drug-likeness (QED) is 0.696. The van der Waals surface area contributed by atoms with Crippen molar-refractivity contribution in [3.8, 4) is 0 Å². The molecular weight excluding hydrogens is 221 g/mol. The molecule has 0 atom stereocenters. The summed E-state index contributed by atoms with van der Waals surface area (Å²) in [6, 6.07) is 0. The van der Waals surface area contributed by atoms with Gasteiger partial charge in [0.2, 0.25) is 0 Å². The lowest BCUT2D eigenvalue weighted by molar-refractivity contribution is 0.851. The Hall–Kier alpha value is -0.800. The number of aryl methyl sites for hydroxylation is 2. The van der Waals surface area contributed by atoms with Crippen LogP contribution >= 0.6 is 23.2 Å². The maximum atomic E-state index is 5.97. The Morgan fingerprint density at radius 3 is 1.64 bits per heavy atom. The van der Waals surface area contributed by atoms with E-state index in [4.69, 9.17) is 23.2 Å². The van der Waals surface area contributed by atoms with Gasteiger partial charge in [0.1, 0.15) is 0 Å². The predicted octanol–water partition coefficient (Wildman–Crippen LogP) is 2.89. The van der Waals surface area contributed by atoms with Gasteiger partial charge in [0.25, 0.3) is 0 Å². The number of rotatable bonds is 0. The van der Waals surface area contributed by atoms with Gasteiger partial charge in [-0.05, 0) is 13.8 Å². The molecule has 3 nitrogen and oxygen atoms in total. The number of fused-ring (bicyclic) bond motifs is 1. The van der Waals surface area contributed by atoms with E-state index in [1.807, 2.05) is 25.5 Å². The predicted molar refractivity (Wildman–Crippen MR) is 58.0 cm³/mol. The standard InChI is InChI=1S/C9H9Cl2N3/c1-4-6-7(5(2)14(4)3)9(11)13-12-8(6)10/h1-3H3. The molecule has 0 aliphatic rings. The van der Waals surface area contributed by atoms with Crippen LogP contribution in [0.15, 0.2) is 0 Å². The van der Waals surface area contributed by atoms with Gasteiger partial charge in [-0.1, -0.05) is 23.2 Å². The topological polar surface area (TPSA) is 30.7 Å². The first-order valence-electron chi connectivity index (χ1n) is 4.17. The molecule has 0 spiro atoms. The highest BCUT2D eigenvalue weighted by atomic mass is 35.5. The van der Waals surface area contributed by atoms with Crippen LogP contribution in [-0.4, -0.2) is 14.8 Å². The zero-order chi connectivity index (χ0) is 10.5. The Morgan fingerprint density at radius 2 is 1.29 bits per heavy atom. The normalized spacial score (nSPS) is 11.2. The van der Waals surface area contributed by atoms with Crippen molar-refractivity contribution in [2.45, 2.75) is 13.8 Å². The third-order valence-electron chi connectivity index (χ3n) is 2.62. The van der Waals surface area contributed by atoms with Crippen molar-refractivity contribution >= 4 is 34.0 Å². The maximum absolute atomic E-state index is 5.97. The molecule has 2 aromatic rings. The van der Waals surface area contributed by atoms with E-state index in [2.05, 4.69) is 10.2 Å². The van der Waals surface area contributed by atoms with E-state index in [9.17, 15) is 0 Å². The summed E-state index contributed by atoms with van der Waals surface area (Å²) >= 11 is 11.9. The summed E-state index contributed by atoms with van der Waals surface area (Å²) in [5.74, 6) is 0. The molecule has 5 heteroatoms. The second kappa shape index (κ2) is 3.11. The molecule has 2 rings (SSSR count). The number of aromatic nitrogens is 3. The third-order valence-corrected chi connectivity index (χ3v) is 3.15. The molecule has 0 aliphatic carbocycles. The van der Waals surface area contributed by atoms with E-state index < -0.39 is 0 Å². The summed E-state index contributed by atoms with van der Waals surface area (Å²) in [6.07, 6.45) is 0. The lowest BCUT2D eigenvalue weighted by Gasteiger charge is -1.97. The largest absolute Gasteiger partial charge is 0.351 e. The molecule has 74 valence electrons. The average Bonchev–Trinajstić information content (AvgIpc) is 2.38. The minimum absolute atomic E-state index is 0.408. The van der Waals surface area contributed by atoms with Crippen LogP contribution in [-0.2, 0) is 7.05 Å². The van der Waals surface area contributed by atoms with Crippen LogP contribution in [0.4, 0.5) is 0 Å². The van der Waals surface area contributed by atoms with Crippen molar-refractivity contribution in [1.82, 2.24) is 14.8 Å². The van der Waals surface area contributed by atoms with E-state index >= 15 is 0 Å². The second-order valence-electron chi connectivity index (χ2n) is 3.26. The lowest BCUT2D eigenvalue weighted by Crippen LogP contribution is -1.92. The minimum atomic E-state index is 0.408. The van der Waals surface area contributed by atoms with Crippen LogP contribution in [0.2, 0.25) is 10.3 Å². The van der Waals surface area contributed by atoms with Gasteiger partial charge in [-0.15, -0.1) is 10.2 Å². The van der Waals surface area contributed by atoms with Crippen molar-refractivity contribution in [1.29, 1.82) is 0 Å². The van der Waals surface area contributed by atoms with Crippen molar-refractivity contribution in [2.24, 2.45) is 7.05 Å². The molecule has 0 N–H and O–H groups in total. The highest BCUT2D eigenvalue weighted by Gasteiger charge is 2.15. The molecule has 0 saturated carbocycles. The molecule has 0 radical (unpaired) electrons. The first-order chi connectivity index (χ1) is 6.54. The Labute approximate surface area is 91.6 Å². The molecule has 0 aliphatic heterocycles. The smallest absolute Gasteiger partial charge is 0.161 e. The minimum Gasteiger partial charge on any atom is -0.351 e. The Bertz CT molecular complexity index is 471. The summed E-state index contributed by atoms with van der Waals surface area (Å²) in [4.78, 5) is 0. The van der Waals surface area contributed by atoms with E-state index in [1.54, 1.807) is 0 Å². The van der Waals surface area contributed by atoms with Crippen LogP contribution < -0.4 is 0 Å². The van der Waals surface area contributed by atoms with Crippen LogP contribution in [0.1, 0.15) is 11.4 Å². The number of halogens is 2. The molecule has 2 aromatic heterocycles. The Kier molecular flexibility index (Phi) is 2.16. The molecule has 0 unspecified atom stereocenters. The van der Waals surface area contributed by atoms with Crippen LogP contribution in [0.5, 0.6) is 0 Å². The van der Waals surface area contributed by atoms with Crippen LogP contribution in [0.25, 0.3) is 10.8 Å². The fraction of sp³-hybridized carbons (Fsp3) is 0.333. The summed E-state index contributed by atoms with van der Waals surface area (Å²) < 4.78 is 2.03. The second-order valence-corrected chi connectivity index (χ2v) is 3.98. The molecule has 0 saturated heterocycles. The highest BCUT2D eigenvalue weighted by Crippen LogP contribution is 2.32. The van der Waals surface area contributed by atoms with E-state index in [-0.39, 0.29) is 0 Å². The van der Waals surface area contributed by atoms with Gasteiger partial charge < -0.3 is 4.57 Å². The van der Waals surface area contributed by atoms with E-state index in [0.29, 0.717) is 10.3 Å². The first kappa shape index (κ1) is 9.74. The highest BCUT2D eigenvalue weighted by molar-refractivity contribution is 6.39. The van der Waals surface area contributed by atoms with Gasteiger partial charge in [0, 0.05) is 29.2 Å². The van der Waals surface area contributed by atoms with Crippen LogP contribution in [0, 0.1) is 13.8 Å². The van der Waals surface area contributed by atoms with E-state index in [1.165, 1.54) is 0 Å². The zero-order valence-corrected chi connectivity index (χ0v) is 9.61. The molecule has 0 aromatic carbocycles. The Morgan fingerprint density at radius 1 is 0.929 bits per heavy atom. The molecule has 0 fully saturated rings. The monoisotopic (exact) mass is 229 g/mol. The van der Waals surface area contributed by atoms with Crippen molar-refractivity contribution in [3.63, 3.8) is 0 Å². The maximum Gasteiger partial charge on any atom is 0.161 e. The Balaban J connectivity index is 3.08. The first-order valence-corrected chi connectivity index (χ1v) is 4.93. The van der Waals surface area contributed by atoms with Gasteiger partial charge in [-0.2, -0.15) is 0 Å². The SMILES string of the molecule is Cc1c2c(Cl)nnc(Cl)c2c(C)n1C. The van der Waals surface area contributed by atoms with E-state index in [0.717, 1.165) is 22.2 Å². The fourth-order valence-electron chi connectivity index (χ4n) is 1.64. The number of hydrogen-bond acceptors (Lipinski definition) is 2. The number of hydrogen-bond donors (Lipinski definition) is 0. The number of nitrogens with zero attached hydrogens (tertiary/aromatic N) is 3. The molecular formula is C9H9Cl2N3. The van der Waals surface area contributed by atoms with Gasteiger partial charge in [0.15, 0.2) is 10.3 Å². The molecule has 0 amide bonds. The summed E-state index contributed by atoms with van der Waals surface area (Å²) in [5, 5.41) is 10.2. The molecule has 2 heterocycles. The van der Waals surface area contributed by atoms with Gasteiger partial charge >= 0.3 is 0 Å². The van der Waals surface area contributed by atoms with Crippen LogP contribution in [0.3, 0.4) is 0 Å². The fourth-order valence-corrected chi connectivity index (χ4v) is 2.18. The molecule has 0 bridgehead atoms. The van der Waals surface area contributed by atoms with Crippen molar-refractivity contribution < 1.29 is 0 Å². The zero-order valence-electron chi connectivity index (χ0n) is 8.10. The molecule has 14 heavy (non-hydrogen) atoms.